The molecule has 0 fully saturated rings. The van der Waals surface area contributed by atoms with Gasteiger partial charge in [-0.2, -0.15) is 0 Å². The summed E-state index contributed by atoms with van der Waals surface area (Å²) >= 11 is 1.44. The summed E-state index contributed by atoms with van der Waals surface area (Å²) in [5, 5.41) is 13.8. The normalized spacial score (nSPS) is 10.3. The maximum atomic E-state index is 12.2. The maximum absolute atomic E-state index is 12.2. The van der Waals surface area contributed by atoms with E-state index in [9.17, 15) is 14.9 Å². The minimum Gasteiger partial charge on any atom is -0.352 e. The van der Waals surface area contributed by atoms with Gasteiger partial charge in [-0.05, 0) is 36.8 Å². The van der Waals surface area contributed by atoms with Crippen LogP contribution in [0.25, 0.3) is 0 Å². The van der Waals surface area contributed by atoms with Crippen molar-refractivity contribution in [2.24, 2.45) is 0 Å². The monoisotopic (exact) mass is 330 g/mol. The van der Waals surface area contributed by atoms with Crippen molar-refractivity contribution in [2.45, 2.75) is 17.7 Å². The zero-order chi connectivity index (χ0) is 16.7. The van der Waals surface area contributed by atoms with E-state index in [0.717, 1.165) is 17.7 Å². The molecule has 0 heterocycles. The van der Waals surface area contributed by atoms with Gasteiger partial charge in [-0.1, -0.05) is 30.3 Å². The van der Waals surface area contributed by atoms with Gasteiger partial charge in [0.05, 0.1) is 4.92 Å². The van der Waals surface area contributed by atoms with E-state index >= 15 is 0 Å². The number of benzene rings is 2. The van der Waals surface area contributed by atoms with Crippen LogP contribution in [0.5, 0.6) is 0 Å². The standard InChI is InChI=1S/C17H18N2O3S/c1-23-14-9-10-16(19(21)22)15(12-14)17(20)18-11-5-8-13-6-3-2-4-7-13/h2-4,6-7,9-10,12H,5,8,11H2,1H3,(H,18,20). The highest BCUT2D eigenvalue weighted by atomic mass is 32.2. The van der Waals surface area contributed by atoms with Gasteiger partial charge in [0.1, 0.15) is 5.56 Å². The quantitative estimate of drug-likeness (QED) is 0.364. The zero-order valence-electron chi connectivity index (χ0n) is 12.8. The first-order valence-electron chi connectivity index (χ1n) is 7.26. The summed E-state index contributed by atoms with van der Waals surface area (Å²) in [6.07, 6.45) is 3.50. The molecular weight excluding hydrogens is 312 g/mol. The highest BCUT2D eigenvalue weighted by molar-refractivity contribution is 7.98. The molecule has 0 spiro atoms. The van der Waals surface area contributed by atoms with E-state index in [4.69, 9.17) is 0 Å². The Bertz CT molecular complexity index is 689. The number of hydrogen-bond acceptors (Lipinski definition) is 4. The maximum Gasteiger partial charge on any atom is 0.282 e. The van der Waals surface area contributed by atoms with Crippen LogP contribution in [0.3, 0.4) is 0 Å². The van der Waals surface area contributed by atoms with E-state index < -0.39 is 10.8 Å². The number of nitrogens with one attached hydrogen (secondary N) is 1. The summed E-state index contributed by atoms with van der Waals surface area (Å²) in [6.45, 7) is 0.481. The fraction of sp³-hybridized carbons (Fsp3) is 0.235. The molecule has 23 heavy (non-hydrogen) atoms. The van der Waals surface area contributed by atoms with E-state index in [1.807, 2.05) is 36.6 Å². The molecule has 5 nitrogen and oxygen atoms in total. The van der Waals surface area contributed by atoms with Crippen molar-refractivity contribution in [2.75, 3.05) is 12.8 Å². The third-order valence-corrected chi connectivity index (χ3v) is 4.14. The van der Waals surface area contributed by atoms with Gasteiger partial charge >= 0.3 is 0 Å². The molecule has 0 saturated carbocycles. The largest absolute Gasteiger partial charge is 0.352 e. The molecule has 0 aliphatic carbocycles. The first kappa shape index (κ1) is 17.0. The fourth-order valence-electron chi connectivity index (χ4n) is 2.22. The molecule has 2 rings (SSSR count). The van der Waals surface area contributed by atoms with E-state index in [1.165, 1.54) is 23.4 Å². The van der Waals surface area contributed by atoms with Crippen LogP contribution in [0.2, 0.25) is 0 Å². The molecule has 0 radical (unpaired) electrons. The lowest BCUT2D eigenvalue weighted by atomic mass is 10.1. The van der Waals surface area contributed by atoms with Crippen LogP contribution >= 0.6 is 11.8 Å². The minimum atomic E-state index is -0.525. The molecule has 0 atom stereocenters. The molecule has 6 heteroatoms. The number of aryl methyl sites for hydroxylation is 1. The van der Waals surface area contributed by atoms with Gasteiger partial charge in [-0.3, -0.25) is 14.9 Å². The van der Waals surface area contributed by atoms with Crippen molar-refractivity contribution >= 4 is 23.4 Å². The van der Waals surface area contributed by atoms with Crippen LogP contribution in [0.1, 0.15) is 22.3 Å². The lowest BCUT2D eigenvalue weighted by molar-refractivity contribution is -0.385. The predicted molar refractivity (Wildman–Crippen MR) is 92.0 cm³/mol. The second-order valence-corrected chi connectivity index (χ2v) is 5.86. The number of nitro benzene ring substituents is 1. The molecular formula is C17H18N2O3S. The molecule has 0 aliphatic rings. The Morgan fingerprint density at radius 2 is 1.96 bits per heavy atom. The summed E-state index contributed by atoms with van der Waals surface area (Å²) in [5.41, 5.74) is 1.15. The predicted octanol–water partition coefficient (Wildman–Crippen LogP) is 3.68. The van der Waals surface area contributed by atoms with Gasteiger partial charge in [-0.25, -0.2) is 0 Å². The van der Waals surface area contributed by atoms with Gasteiger partial charge < -0.3 is 5.32 Å². The van der Waals surface area contributed by atoms with E-state index in [0.29, 0.717) is 6.54 Å². The Labute approximate surface area is 139 Å². The number of carbonyl (C=O) groups is 1. The second-order valence-electron chi connectivity index (χ2n) is 4.99. The van der Waals surface area contributed by atoms with Crippen LogP contribution in [0, 0.1) is 10.1 Å². The van der Waals surface area contributed by atoms with Crippen molar-refractivity contribution in [3.05, 3.63) is 69.8 Å². The van der Waals surface area contributed by atoms with Gasteiger partial charge in [-0.15, -0.1) is 11.8 Å². The smallest absolute Gasteiger partial charge is 0.282 e. The van der Waals surface area contributed by atoms with Crippen molar-refractivity contribution in [1.82, 2.24) is 5.32 Å². The lowest BCUT2D eigenvalue weighted by Gasteiger charge is -2.07. The van der Waals surface area contributed by atoms with Crippen molar-refractivity contribution in [1.29, 1.82) is 0 Å². The van der Waals surface area contributed by atoms with Crippen LogP contribution in [-0.4, -0.2) is 23.6 Å². The van der Waals surface area contributed by atoms with Crippen molar-refractivity contribution < 1.29 is 9.72 Å². The molecule has 0 bridgehead atoms. The molecule has 0 unspecified atom stereocenters. The zero-order valence-corrected chi connectivity index (χ0v) is 13.6. The average Bonchev–Trinajstić information content (AvgIpc) is 2.58. The number of thioether (sulfide) groups is 1. The summed E-state index contributed by atoms with van der Waals surface area (Å²) < 4.78 is 0. The van der Waals surface area contributed by atoms with Gasteiger partial charge in [0.2, 0.25) is 0 Å². The van der Waals surface area contributed by atoms with Crippen LogP contribution in [-0.2, 0) is 6.42 Å². The fourth-order valence-corrected chi connectivity index (χ4v) is 2.66. The number of nitrogens with zero attached hydrogens (tertiary/aromatic N) is 1. The topological polar surface area (TPSA) is 72.2 Å². The van der Waals surface area contributed by atoms with Crippen molar-refractivity contribution in [3.63, 3.8) is 0 Å². The highest BCUT2D eigenvalue weighted by Gasteiger charge is 2.20. The Balaban J connectivity index is 1.96. The summed E-state index contributed by atoms with van der Waals surface area (Å²) in [6, 6.07) is 14.6. The van der Waals surface area contributed by atoms with Crippen LogP contribution < -0.4 is 5.32 Å². The first-order valence-corrected chi connectivity index (χ1v) is 8.49. The molecule has 2 aromatic carbocycles. The number of nitro groups is 1. The Kier molecular flexibility index (Phi) is 6.17. The summed E-state index contributed by atoms with van der Waals surface area (Å²) in [5.74, 6) is -0.402. The number of amides is 1. The number of hydrogen-bond donors (Lipinski definition) is 1. The van der Waals surface area contributed by atoms with Crippen LogP contribution in [0.4, 0.5) is 5.69 Å². The molecule has 120 valence electrons. The number of carbonyl (C=O) groups excluding carboxylic acids is 1. The first-order chi connectivity index (χ1) is 11.1. The second kappa shape index (κ2) is 8.33. The average molecular weight is 330 g/mol. The third kappa shape index (κ3) is 4.82. The Morgan fingerprint density at radius 3 is 2.61 bits per heavy atom. The summed E-state index contributed by atoms with van der Waals surface area (Å²) in [7, 11) is 0. The van der Waals surface area contributed by atoms with E-state index in [-0.39, 0.29) is 11.3 Å². The SMILES string of the molecule is CSc1ccc([N+](=O)[O-])c(C(=O)NCCCc2ccccc2)c1. The lowest BCUT2D eigenvalue weighted by Crippen LogP contribution is -2.25. The molecule has 0 aromatic heterocycles. The molecule has 0 aliphatic heterocycles. The van der Waals surface area contributed by atoms with E-state index in [1.54, 1.807) is 12.1 Å². The Hall–Kier alpha value is -2.34. The molecule has 2 aromatic rings. The molecule has 1 amide bonds. The molecule has 1 N–H and O–H groups in total. The third-order valence-electron chi connectivity index (χ3n) is 3.42. The van der Waals surface area contributed by atoms with E-state index in [2.05, 4.69) is 5.32 Å². The highest BCUT2D eigenvalue weighted by Crippen LogP contribution is 2.24. The van der Waals surface area contributed by atoms with Crippen molar-refractivity contribution in [3.8, 4) is 0 Å². The Morgan fingerprint density at radius 1 is 1.22 bits per heavy atom. The minimum absolute atomic E-state index is 0.113. The van der Waals surface area contributed by atoms with Crippen LogP contribution in [0.15, 0.2) is 53.4 Å². The van der Waals surface area contributed by atoms with Gasteiger partial charge in [0.25, 0.3) is 11.6 Å². The van der Waals surface area contributed by atoms with Gasteiger partial charge in [0.15, 0.2) is 0 Å². The molecule has 0 saturated heterocycles. The summed E-state index contributed by atoms with van der Waals surface area (Å²) in [4.78, 5) is 23.6. The number of rotatable bonds is 7. The van der Waals surface area contributed by atoms with Gasteiger partial charge in [0, 0.05) is 17.5 Å².